The highest BCUT2D eigenvalue weighted by Gasteiger charge is 2.31. The van der Waals surface area contributed by atoms with Crippen molar-refractivity contribution in [2.24, 2.45) is 11.8 Å². The maximum absolute atomic E-state index is 10.5. The van der Waals surface area contributed by atoms with Crippen molar-refractivity contribution in [3.63, 3.8) is 0 Å². The predicted molar refractivity (Wildman–Crippen MR) is 71.6 cm³/mol. The van der Waals surface area contributed by atoms with Gasteiger partial charge in [-0.3, -0.25) is 0 Å². The summed E-state index contributed by atoms with van der Waals surface area (Å²) in [5.74, 6) is 1.97. The quantitative estimate of drug-likeness (QED) is 0.877. The summed E-state index contributed by atoms with van der Waals surface area (Å²) >= 11 is 0. The third-order valence-electron chi connectivity index (χ3n) is 4.36. The van der Waals surface area contributed by atoms with Crippen molar-refractivity contribution in [1.82, 2.24) is 0 Å². The van der Waals surface area contributed by atoms with Gasteiger partial charge in [-0.25, -0.2) is 0 Å². The number of hydrogen-bond donors (Lipinski definition) is 1. The summed E-state index contributed by atoms with van der Waals surface area (Å²) in [6, 6.07) is 8.03. The lowest BCUT2D eigenvalue weighted by Gasteiger charge is -2.23. The third kappa shape index (κ3) is 2.54. The summed E-state index contributed by atoms with van der Waals surface area (Å²) in [7, 11) is 0. The Labute approximate surface area is 109 Å². The average Bonchev–Trinajstić information content (AvgIpc) is 3.08. The van der Waals surface area contributed by atoms with Gasteiger partial charge in [0, 0.05) is 0 Å². The molecule has 0 bridgehead atoms. The summed E-state index contributed by atoms with van der Waals surface area (Å²) in [5.41, 5.74) is 1.02. The lowest BCUT2D eigenvalue weighted by molar-refractivity contribution is 0.0897. The Morgan fingerprint density at radius 2 is 2.06 bits per heavy atom. The highest BCUT2D eigenvalue weighted by atomic mass is 16.5. The second-order valence-electron chi connectivity index (χ2n) is 5.91. The van der Waals surface area contributed by atoms with Crippen LogP contribution >= 0.6 is 0 Å². The van der Waals surface area contributed by atoms with Crippen LogP contribution < -0.4 is 4.74 Å². The van der Waals surface area contributed by atoms with E-state index in [0.717, 1.165) is 17.7 Å². The Kier molecular flexibility index (Phi) is 3.29. The van der Waals surface area contributed by atoms with Crippen LogP contribution in [0.4, 0.5) is 0 Å². The highest BCUT2D eigenvalue weighted by molar-refractivity contribution is 5.30. The van der Waals surface area contributed by atoms with E-state index in [1.807, 2.05) is 24.3 Å². The molecule has 2 heteroatoms. The predicted octanol–water partition coefficient (Wildman–Crippen LogP) is 3.70. The van der Waals surface area contributed by atoms with Crippen molar-refractivity contribution in [3.05, 3.63) is 29.8 Å². The van der Waals surface area contributed by atoms with Crippen LogP contribution in [0.5, 0.6) is 5.75 Å². The van der Waals surface area contributed by atoms with Crippen LogP contribution in [0.1, 0.15) is 50.7 Å². The molecular weight excluding hydrogens is 224 g/mol. The number of benzene rings is 1. The first-order valence-corrected chi connectivity index (χ1v) is 7.19. The number of rotatable bonds is 4. The maximum atomic E-state index is 10.5. The molecular formula is C16H22O2. The van der Waals surface area contributed by atoms with Crippen LogP contribution in [0.15, 0.2) is 24.3 Å². The summed E-state index contributed by atoms with van der Waals surface area (Å²) in [6.45, 7) is 2.26. The molecule has 0 radical (unpaired) electrons. The largest absolute Gasteiger partial charge is 0.490 e. The first kappa shape index (κ1) is 12.0. The summed E-state index contributed by atoms with van der Waals surface area (Å²) in [5, 5.41) is 10.5. The zero-order valence-electron chi connectivity index (χ0n) is 11.0. The second-order valence-corrected chi connectivity index (χ2v) is 5.91. The van der Waals surface area contributed by atoms with Crippen LogP contribution in [-0.4, -0.2) is 11.2 Å². The minimum atomic E-state index is -0.328. The topological polar surface area (TPSA) is 29.5 Å². The lowest BCUT2D eigenvalue weighted by atomic mass is 9.88. The Balaban J connectivity index is 1.73. The smallest absolute Gasteiger partial charge is 0.120 e. The number of aliphatic hydroxyl groups is 1. The van der Waals surface area contributed by atoms with E-state index >= 15 is 0 Å². The first-order valence-electron chi connectivity index (χ1n) is 7.19. The molecule has 3 atom stereocenters. The zero-order chi connectivity index (χ0) is 12.5. The number of ether oxygens (including phenoxy) is 1. The molecule has 2 saturated carbocycles. The van der Waals surface area contributed by atoms with E-state index in [2.05, 4.69) is 6.92 Å². The third-order valence-corrected chi connectivity index (χ3v) is 4.36. The molecule has 1 N–H and O–H groups in total. The molecule has 1 aromatic rings. The number of hydrogen-bond acceptors (Lipinski definition) is 2. The molecule has 2 fully saturated rings. The molecule has 0 saturated heterocycles. The van der Waals surface area contributed by atoms with Gasteiger partial charge in [-0.1, -0.05) is 31.9 Å². The fraction of sp³-hybridized carbons (Fsp3) is 0.625. The Morgan fingerprint density at radius 3 is 2.72 bits per heavy atom. The van der Waals surface area contributed by atoms with E-state index in [1.54, 1.807) is 0 Å². The Hall–Kier alpha value is -1.02. The van der Waals surface area contributed by atoms with E-state index in [1.165, 1.54) is 25.7 Å². The maximum Gasteiger partial charge on any atom is 0.120 e. The standard InChI is InChI=1S/C16H22O2/c1-11-4-2-7-15(11)16(17)12-5-3-6-14(10-12)18-13-8-9-13/h3,5-6,10-11,13,15-17H,2,4,7-9H2,1H3. The van der Waals surface area contributed by atoms with Gasteiger partial charge in [0.05, 0.1) is 12.2 Å². The van der Waals surface area contributed by atoms with Crippen molar-refractivity contribution < 1.29 is 9.84 Å². The Morgan fingerprint density at radius 1 is 1.22 bits per heavy atom. The molecule has 2 aliphatic carbocycles. The van der Waals surface area contributed by atoms with Crippen molar-refractivity contribution in [1.29, 1.82) is 0 Å². The Bertz CT molecular complexity index is 411. The summed E-state index contributed by atoms with van der Waals surface area (Å²) in [4.78, 5) is 0. The molecule has 0 aliphatic heterocycles. The van der Waals surface area contributed by atoms with Crippen molar-refractivity contribution in [2.45, 2.75) is 51.2 Å². The van der Waals surface area contributed by atoms with Crippen LogP contribution in [0.3, 0.4) is 0 Å². The van der Waals surface area contributed by atoms with Crippen LogP contribution in [0.25, 0.3) is 0 Å². The molecule has 98 valence electrons. The first-order chi connectivity index (χ1) is 8.74. The molecule has 18 heavy (non-hydrogen) atoms. The molecule has 0 spiro atoms. The fourth-order valence-corrected chi connectivity index (χ4v) is 3.04. The lowest BCUT2D eigenvalue weighted by Crippen LogP contribution is -2.15. The molecule has 3 rings (SSSR count). The van der Waals surface area contributed by atoms with Gasteiger partial charge in [-0.05, 0) is 48.8 Å². The second kappa shape index (κ2) is 4.93. The van der Waals surface area contributed by atoms with Gasteiger partial charge in [-0.2, -0.15) is 0 Å². The van der Waals surface area contributed by atoms with Crippen LogP contribution in [-0.2, 0) is 0 Å². The van der Waals surface area contributed by atoms with Gasteiger partial charge >= 0.3 is 0 Å². The SMILES string of the molecule is CC1CCCC1C(O)c1cccc(OC2CC2)c1. The van der Waals surface area contributed by atoms with Crippen molar-refractivity contribution in [3.8, 4) is 5.75 Å². The zero-order valence-corrected chi connectivity index (χ0v) is 11.0. The van der Waals surface area contributed by atoms with Gasteiger partial charge < -0.3 is 9.84 Å². The minimum Gasteiger partial charge on any atom is -0.490 e. The molecule has 0 amide bonds. The van der Waals surface area contributed by atoms with Gasteiger partial charge in [0.25, 0.3) is 0 Å². The van der Waals surface area contributed by atoms with E-state index in [9.17, 15) is 5.11 Å². The molecule has 1 aromatic carbocycles. The van der Waals surface area contributed by atoms with Gasteiger partial charge in [-0.15, -0.1) is 0 Å². The van der Waals surface area contributed by atoms with E-state index < -0.39 is 0 Å². The van der Waals surface area contributed by atoms with Crippen molar-refractivity contribution in [2.75, 3.05) is 0 Å². The molecule has 2 aliphatic rings. The molecule has 2 nitrogen and oxygen atoms in total. The highest BCUT2D eigenvalue weighted by Crippen LogP contribution is 2.40. The van der Waals surface area contributed by atoms with Crippen LogP contribution in [0, 0.1) is 11.8 Å². The van der Waals surface area contributed by atoms with E-state index in [4.69, 9.17) is 4.74 Å². The molecule has 0 heterocycles. The van der Waals surface area contributed by atoms with Crippen molar-refractivity contribution >= 4 is 0 Å². The fourth-order valence-electron chi connectivity index (χ4n) is 3.04. The van der Waals surface area contributed by atoms with Gasteiger partial charge in [0.1, 0.15) is 5.75 Å². The van der Waals surface area contributed by atoms with E-state index in [0.29, 0.717) is 17.9 Å². The monoisotopic (exact) mass is 246 g/mol. The summed E-state index contributed by atoms with van der Waals surface area (Å²) < 4.78 is 5.79. The number of aliphatic hydroxyl groups excluding tert-OH is 1. The van der Waals surface area contributed by atoms with Gasteiger partial charge in [0.15, 0.2) is 0 Å². The van der Waals surface area contributed by atoms with E-state index in [-0.39, 0.29) is 6.10 Å². The van der Waals surface area contributed by atoms with Crippen LogP contribution in [0.2, 0.25) is 0 Å². The normalized spacial score (nSPS) is 29.2. The van der Waals surface area contributed by atoms with Gasteiger partial charge in [0.2, 0.25) is 0 Å². The average molecular weight is 246 g/mol. The molecule has 3 unspecified atom stereocenters. The summed E-state index contributed by atoms with van der Waals surface area (Å²) in [6.07, 6.45) is 6.09. The minimum absolute atomic E-state index is 0.328. The molecule has 0 aromatic heterocycles.